The van der Waals surface area contributed by atoms with Gasteiger partial charge in [-0.1, -0.05) is 17.7 Å². The Balaban J connectivity index is 2.26. The minimum absolute atomic E-state index is 0.179. The van der Waals surface area contributed by atoms with Crippen molar-refractivity contribution < 1.29 is 9.90 Å². The van der Waals surface area contributed by atoms with E-state index in [1.54, 1.807) is 28.9 Å². The molecule has 0 fully saturated rings. The summed E-state index contributed by atoms with van der Waals surface area (Å²) in [5.41, 5.74) is 3.25. The van der Waals surface area contributed by atoms with Crippen LogP contribution in [0.2, 0.25) is 5.02 Å². The van der Waals surface area contributed by atoms with Crippen LogP contribution in [0.3, 0.4) is 0 Å². The van der Waals surface area contributed by atoms with E-state index >= 15 is 0 Å². The van der Waals surface area contributed by atoms with Crippen molar-refractivity contribution >= 4 is 23.2 Å². The van der Waals surface area contributed by atoms with Crippen molar-refractivity contribution in [3.05, 3.63) is 58.9 Å². The van der Waals surface area contributed by atoms with Crippen LogP contribution < -0.4 is 0 Å². The van der Waals surface area contributed by atoms with Gasteiger partial charge in [-0.15, -0.1) is 0 Å². The Hall–Kier alpha value is -2.33. The highest BCUT2D eigenvalue weighted by atomic mass is 35.5. The van der Waals surface area contributed by atoms with Crippen molar-refractivity contribution in [3.63, 3.8) is 0 Å². The molecule has 2 heterocycles. The Kier molecular flexibility index (Phi) is 2.95. The van der Waals surface area contributed by atoms with Crippen LogP contribution in [0.5, 0.6) is 0 Å². The molecule has 0 bridgehead atoms. The summed E-state index contributed by atoms with van der Waals surface area (Å²) in [6.07, 6.45) is 3.58. The van der Waals surface area contributed by atoms with Crippen LogP contribution in [-0.2, 0) is 0 Å². The molecular weight excluding hydrogens is 276 g/mol. The van der Waals surface area contributed by atoms with Gasteiger partial charge in [0.25, 0.3) is 0 Å². The third-order valence-electron chi connectivity index (χ3n) is 3.19. The third kappa shape index (κ3) is 2.04. The average molecular weight is 287 g/mol. The molecule has 100 valence electrons. The number of pyridine rings is 1. The second-order valence-corrected chi connectivity index (χ2v) is 4.98. The quantitative estimate of drug-likeness (QED) is 0.782. The largest absolute Gasteiger partial charge is 0.478 e. The maximum absolute atomic E-state index is 11.2. The Morgan fingerprint density at radius 3 is 2.90 bits per heavy atom. The summed E-state index contributed by atoms with van der Waals surface area (Å²) in [7, 11) is 0. The summed E-state index contributed by atoms with van der Waals surface area (Å²) in [6.45, 7) is 1.97. The lowest BCUT2D eigenvalue weighted by Gasteiger charge is -2.02. The number of carboxylic acid groups (broad SMARTS) is 1. The van der Waals surface area contributed by atoms with Crippen LogP contribution in [0.1, 0.15) is 15.9 Å². The number of aryl methyl sites for hydroxylation is 1. The minimum atomic E-state index is -0.990. The molecule has 1 aromatic carbocycles. The average Bonchev–Trinajstić information content (AvgIpc) is 2.84. The highest BCUT2D eigenvalue weighted by Crippen LogP contribution is 2.26. The van der Waals surface area contributed by atoms with E-state index in [0.29, 0.717) is 16.4 Å². The number of imidazole rings is 1. The molecule has 1 N–H and O–H groups in total. The summed E-state index contributed by atoms with van der Waals surface area (Å²) in [5.74, 6) is -0.990. The molecule has 0 radical (unpaired) electrons. The van der Waals surface area contributed by atoms with Crippen LogP contribution >= 0.6 is 11.6 Å². The number of aromatic nitrogens is 2. The number of nitrogens with zero attached hydrogens (tertiary/aromatic N) is 2. The smallest absolute Gasteiger partial charge is 0.339 e. The first kappa shape index (κ1) is 12.7. The molecule has 0 saturated heterocycles. The second kappa shape index (κ2) is 4.65. The predicted octanol–water partition coefficient (Wildman–Crippen LogP) is 3.66. The van der Waals surface area contributed by atoms with Gasteiger partial charge in [-0.3, -0.25) is 0 Å². The van der Waals surface area contributed by atoms with Gasteiger partial charge in [0.2, 0.25) is 0 Å². The van der Waals surface area contributed by atoms with Gasteiger partial charge in [0.05, 0.1) is 5.69 Å². The standard InChI is InChI=1S/C15H11ClN2O2/c1-9-4-5-10(16)7-12(9)13-8-18-6-2-3-11(15(19)20)14(18)17-13/h2-8H,1H3,(H,19,20). The molecule has 0 unspecified atom stereocenters. The van der Waals surface area contributed by atoms with Gasteiger partial charge in [0, 0.05) is 23.0 Å². The zero-order valence-electron chi connectivity index (χ0n) is 10.7. The van der Waals surface area contributed by atoms with Gasteiger partial charge < -0.3 is 9.51 Å². The first-order valence-electron chi connectivity index (χ1n) is 6.04. The lowest BCUT2D eigenvalue weighted by atomic mass is 10.1. The highest BCUT2D eigenvalue weighted by Gasteiger charge is 2.13. The molecule has 0 saturated carbocycles. The van der Waals surface area contributed by atoms with Gasteiger partial charge in [-0.2, -0.15) is 0 Å². The van der Waals surface area contributed by atoms with E-state index in [-0.39, 0.29) is 5.56 Å². The van der Waals surface area contributed by atoms with E-state index in [1.807, 2.05) is 25.1 Å². The van der Waals surface area contributed by atoms with E-state index < -0.39 is 5.97 Å². The van der Waals surface area contributed by atoms with Crippen LogP contribution in [-0.4, -0.2) is 20.5 Å². The molecular formula is C15H11ClN2O2. The summed E-state index contributed by atoms with van der Waals surface area (Å²) in [5, 5.41) is 9.81. The number of hydrogen-bond acceptors (Lipinski definition) is 2. The molecule has 0 aliphatic heterocycles. The number of rotatable bonds is 2. The van der Waals surface area contributed by atoms with Crippen molar-refractivity contribution in [2.24, 2.45) is 0 Å². The van der Waals surface area contributed by atoms with E-state index in [0.717, 1.165) is 11.1 Å². The summed E-state index contributed by atoms with van der Waals surface area (Å²) in [6, 6.07) is 8.80. The third-order valence-corrected chi connectivity index (χ3v) is 3.42. The number of hydrogen-bond donors (Lipinski definition) is 1. The Bertz CT molecular complexity index is 824. The molecule has 5 heteroatoms. The van der Waals surface area contributed by atoms with E-state index in [1.165, 1.54) is 0 Å². The van der Waals surface area contributed by atoms with Crippen molar-refractivity contribution in [1.82, 2.24) is 9.38 Å². The monoisotopic (exact) mass is 286 g/mol. The molecule has 0 spiro atoms. The van der Waals surface area contributed by atoms with E-state index in [2.05, 4.69) is 4.98 Å². The van der Waals surface area contributed by atoms with Crippen LogP contribution in [0.15, 0.2) is 42.7 Å². The molecule has 0 aliphatic carbocycles. The summed E-state index contributed by atoms with van der Waals surface area (Å²) >= 11 is 6.02. The SMILES string of the molecule is Cc1ccc(Cl)cc1-c1cn2cccc(C(=O)O)c2n1. The number of fused-ring (bicyclic) bond motifs is 1. The summed E-state index contributed by atoms with van der Waals surface area (Å²) < 4.78 is 1.71. The number of benzene rings is 1. The van der Waals surface area contributed by atoms with Crippen LogP contribution in [0.25, 0.3) is 16.9 Å². The zero-order valence-corrected chi connectivity index (χ0v) is 11.4. The molecule has 0 atom stereocenters. The molecule has 4 nitrogen and oxygen atoms in total. The highest BCUT2D eigenvalue weighted by molar-refractivity contribution is 6.30. The molecule has 3 rings (SSSR count). The maximum atomic E-state index is 11.2. The van der Waals surface area contributed by atoms with Crippen molar-refractivity contribution in [3.8, 4) is 11.3 Å². The number of halogens is 1. The van der Waals surface area contributed by atoms with Crippen LogP contribution in [0.4, 0.5) is 0 Å². The first-order valence-corrected chi connectivity index (χ1v) is 6.41. The number of carbonyl (C=O) groups is 1. The van der Waals surface area contributed by atoms with Gasteiger partial charge in [0.1, 0.15) is 5.56 Å². The summed E-state index contributed by atoms with van der Waals surface area (Å²) in [4.78, 5) is 15.6. The number of carboxylic acids is 1. The van der Waals surface area contributed by atoms with E-state index in [4.69, 9.17) is 11.6 Å². The zero-order chi connectivity index (χ0) is 14.3. The van der Waals surface area contributed by atoms with Gasteiger partial charge in [-0.05, 0) is 36.8 Å². The van der Waals surface area contributed by atoms with Crippen molar-refractivity contribution in [2.45, 2.75) is 6.92 Å². The second-order valence-electron chi connectivity index (χ2n) is 4.54. The maximum Gasteiger partial charge on any atom is 0.339 e. The van der Waals surface area contributed by atoms with Crippen molar-refractivity contribution in [2.75, 3.05) is 0 Å². The Morgan fingerprint density at radius 2 is 2.15 bits per heavy atom. The lowest BCUT2D eigenvalue weighted by molar-refractivity contribution is 0.0698. The topological polar surface area (TPSA) is 54.6 Å². The Labute approximate surface area is 120 Å². The fraction of sp³-hybridized carbons (Fsp3) is 0.0667. The molecule has 0 aliphatic rings. The molecule has 20 heavy (non-hydrogen) atoms. The van der Waals surface area contributed by atoms with E-state index in [9.17, 15) is 9.90 Å². The fourth-order valence-corrected chi connectivity index (χ4v) is 2.35. The normalized spacial score (nSPS) is 10.9. The van der Waals surface area contributed by atoms with Crippen LogP contribution in [0, 0.1) is 6.92 Å². The lowest BCUT2D eigenvalue weighted by Crippen LogP contribution is -1.99. The van der Waals surface area contributed by atoms with Gasteiger partial charge in [-0.25, -0.2) is 9.78 Å². The van der Waals surface area contributed by atoms with Gasteiger partial charge >= 0.3 is 5.97 Å². The molecule has 0 amide bonds. The predicted molar refractivity (Wildman–Crippen MR) is 77.3 cm³/mol. The van der Waals surface area contributed by atoms with Gasteiger partial charge in [0.15, 0.2) is 5.65 Å². The van der Waals surface area contributed by atoms with Crippen molar-refractivity contribution in [1.29, 1.82) is 0 Å². The number of aromatic carboxylic acids is 1. The molecule has 2 aromatic heterocycles. The fourth-order valence-electron chi connectivity index (χ4n) is 2.18. The first-order chi connectivity index (χ1) is 9.56. The molecule has 3 aromatic rings. The minimum Gasteiger partial charge on any atom is -0.478 e. The Morgan fingerprint density at radius 1 is 1.35 bits per heavy atom.